The lowest BCUT2D eigenvalue weighted by Gasteiger charge is -2.29. The van der Waals surface area contributed by atoms with E-state index in [1.54, 1.807) is 0 Å². The number of Topliss-reactive ketones (excluding diaryl/α,β-unsaturated/α-hetero) is 1. The molecule has 0 radical (unpaired) electrons. The van der Waals surface area contributed by atoms with Crippen molar-refractivity contribution < 1.29 is 24.0 Å². The molecule has 5 amide bonds. The molecule has 2 aliphatic rings. The number of likely N-dealkylation sites (tertiary alicyclic amines) is 1. The van der Waals surface area contributed by atoms with Crippen molar-refractivity contribution in [1.82, 2.24) is 20.9 Å². The minimum Gasteiger partial charge on any atom is -0.363 e. The normalized spacial score (nSPS) is 20.1. The van der Waals surface area contributed by atoms with Gasteiger partial charge in [0.05, 0.1) is 18.5 Å². The van der Waals surface area contributed by atoms with Gasteiger partial charge in [0, 0.05) is 18.6 Å². The molecule has 0 bridgehead atoms. The zero-order valence-corrected chi connectivity index (χ0v) is 18.0. The second-order valence-corrected chi connectivity index (χ2v) is 9.21. The van der Waals surface area contributed by atoms with Crippen LogP contribution >= 0.6 is 0 Å². The van der Waals surface area contributed by atoms with Crippen LogP contribution in [0.5, 0.6) is 0 Å². The number of urea groups is 1. The SMILES string of the molecule is CC(C)(C)NC(=O)NCC(=O)N1CC[C@@H](C(=O)NC(CC2CCC2)C(=O)C(N)=O)C1. The molecule has 2 atom stereocenters. The van der Waals surface area contributed by atoms with Gasteiger partial charge < -0.3 is 26.6 Å². The van der Waals surface area contributed by atoms with Crippen LogP contribution in [0.25, 0.3) is 0 Å². The molecule has 0 spiro atoms. The number of primary amides is 1. The van der Waals surface area contributed by atoms with Gasteiger partial charge in [0.25, 0.3) is 5.91 Å². The van der Waals surface area contributed by atoms with E-state index >= 15 is 0 Å². The summed E-state index contributed by atoms with van der Waals surface area (Å²) >= 11 is 0. The fourth-order valence-electron chi connectivity index (χ4n) is 3.61. The maximum atomic E-state index is 12.6. The van der Waals surface area contributed by atoms with E-state index in [1.165, 1.54) is 4.90 Å². The average Bonchev–Trinajstić information content (AvgIpc) is 3.09. The first-order chi connectivity index (χ1) is 14.0. The molecule has 30 heavy (non-hydrogen) atoms. The zero-order valence-electron chi connectivity index (χ0n) is 18.0. The van der Waals surface area contributed by atoms with Gasteiger partial charge in [-0.25, -0.2) is 4.79 Å². The summed E-state index contributed by atoms with van der Waals surface area (Å²) in [6, 6.07) is -1.35. The van der Waals surface area contributed by atoms with Gasteiger partial charge in [0.15, 0.2) is 0 Å². The minimum atomic E-state index is -1.05. The maximum Gasteiger partial charge on any atom is 0.315 e. The molecule has 0 aromatic carbocycles. The van der Waals surface area contributed by atoms with E-state index in [0.29, 0.717) is 25.3 Å². The molecular weight excluding hydrogens is 390 g/mol. The highest BCUT2D eigenvalue weighted by molar-refractivity contribution is 6.37. The Morgan fingerprint density at radius 1 is 1.10 bits per heavy atom. The van der Waals surface area contributed by atoms with Crippen LogP contribution in [0.2, 0.25) is 0 Å². The Morgan fingerprint density at radius 3 is 2.30 bits per heavy atom. The summed E-state index contributed by atoms with van der Waals surface area (Å²) in [7, 11) is 0. The molecule has 2 fully saturated rings. The largest absolute Gasteiger partial charge is 0.363 e. The summed E-state index contributed by atoms with van der Waals surface area (Å²) < 4.78 is 0. The minimum absolute atomic E-state index is 0.166. The highest BCUT2D eigenvalue weighted by atomic mass is 16.2. The molecule has 1 aliphatic carbocycles. The molecule has 2 rings (SSSR count). The quantitative estimate of drug-likeness (QED) is 0.394. The fraction of sp³-hybridized carbons (Fsp3) is 0.750. The van der Waals surface area contributed by atoms with Crippen molar-refractivity contribution in [3.63, 3.8) is 0 Å². The number of nitrogens with one attached hydrogen (secondary N) is 3. The predicted molar refractivity (Wildman–Crippen MR) is 109 cm³/mol. The van der Waals surface area contributed by atoms with Crippen molar-refractivity contribution in [3.05, 3.63) is 0 Å². The zero-order chi connectivity index (χ0) is 22.5. The number of hydrogen-bond donors (Lipinski definition) is 4. The lowest BCUT2D eigenvalue weighted by molar-refractivity contribution is -0.139. The first kappa shape index (κ1) is 23.6. The van der Waals surface area contributed by atoms with Crippen LogP contribution in [0.4, 0.5) is 4.79 Å². The van der Waals surface area contributed by atoms with Crippen molar-refractivity contribution >= 4 is 29.5 Å². The monoisotopic (exact) mass is 423 g/mol. The van der Waals surface area contributed by atoms with Crippen molar-refractivity contribution in [3.8, 4) is 0 Å². The van der Waals surface area contributed by atoms with Crippen molar-refractivity contribution in [1.29, 1.82) is 0 Å². The molecule has 1 unspecified atom stereocenters. The van der Waals surface area contributed by atoms with Gasteiger partial charge in [0.2, 0.25) is 17.6 Å². The van der Waals surface area contributed by atoms with Crippen LogP contribution in [-0.2, 0) is 19.2 Å². The summed E-state index contributed by atoms with van der Waals surface area (Å²) in [5.74, 6) is -2.64. The molecule has 0 aromatic heterocycles. The summed E-state index contributed by atoms with van der Waals surface area (Å²) in [5, 5.41) is 7.89. The van der Waals surface area contributed by atoms with Crippen molar-refractivity contribution in [2.75, 3.05) is 19.6 Å². The molecule has 1 saturated heterocycles. The second-order valence-electron chi connectivity index (χ2n) is 9.21. The molecule has 1 heterocycles. The molecule has 10 nitrogen and oxygen atoms in total. The summed E-state index contributed by atoms with van der Waals surface area (Å²) in [6.07, 6.45) is 3.89. The van der Waals surface area contributed by atoms with Gasteiger partial charge in [-0.15, -0.1) is 0 Å². The highest BCUT2D eigenvalue weighted by Gasteiger charge is 2.35. The molecule has 168 valence electrons. The van der Waals surface area contributed by atoms with Gasteiger partial charge >= 0.3 is 6.03 Å². The number of carbonyl (C=O) groups is 5. The van der Waals surface area contributed by atoms with Gasteiger partial charge in [-0.1, -0.05) is 19.3 Å². The number of hydrogen-bond acceptors (Lipinski definition) is 5. The number of nitrogens with two attached hydrogens (primary N) is 1. The van der Waals surface area contributed by atoms with Crippen molar-refractivity contribution in [2.45, 2.75) is 64.5 Å². The summed E-state index contributed by atoms with van der Waals surface area (Å²) in [5.41, 5.74) is 4.71. The maximum absolute atomic E-state index is 12.6. The first-order valence-electron chi connectivity index (χ1n) is 10.4. The Morgan fingerprint density at radius 2 is 1.77 bits per heavy atom. The van der Waals surface area contributed by atoms with Crippen LogP contribution in [-0.4, -0.2) is 65.7 Å². The Kier molecular flexibility index (Phi) is 7.80. The van der Waals surface area contributed by atoms with Crippen LogP contribution in [0.15, 0.2) is 0 Å². The smallest absolute Gasteiger partial charge is 0.315 e. The standard InChI is InChI=1S/C20H33N5O5/c1-20(2,3)24-19(30)22-10-15(26)25-8-7-13(11-25)18(29)23-14(16(27)17(21)28)9-12-5-4-6-12/h12-14H,4-11H2,1-3H3,(H2,21,28)(H,23,29)(H2,22,24,30)/t13-,14?/m1/s1. The topological polar surface area (TPSA) is 151 Å². The molecule has 10 heteroatoms. The Bertz CT molecular complexity index is 698. The summed E-state index contributed by atoms with van der Waals surface area (Å²) in [4.78, 5) is 61.7. The fourth-order valence-corrected chi connectivity index (χ4v) is 3.61. The predicted octanol–water partition coefficient (Wildman–Crippen LogP) is -0.338. The van der Waals surface area contributed by atoms with E-state index in [0.717, 1.165) is 19.3 Å². The number of rotatable bonds is 8. The third-order valence-electron chi connectivity index (χ3n) is 5.47. The van der Waals surface area contributed by atoms with Crippen LogP contribution in [0, 0.1) is 11.8 Å². The summed E-state index contributed by atoms with van der Waals surface area (Å²) in [6.45, 7) is 5.92. The van der Waals surface area contributed by atoms with Crippen molar-refractivity contribution in [2.24, 2.45) is 17.6 Å². The molecule has 5 N–H and O–H groups in total. The highest BCUT2D eigenvalue weighted by Crippen LogP contribution is 2.30. The second kappa shape index (κ2) is 9.90. The van der Waals surface area contributed by atoms with Gasteiger partial charge in [0.1, 0.15) is 0 Å². The van der Waals surface area contributed by atoms with Crippen LogP contribution < -0.4 is 21.7 Å². The average molecular weight is 424 g/mol. The van der Waals surface area contributed by atoms with Crippen LogP contribution in [0.1, 0.15) is 52.9 Å². The van der Waals surface area contributed by atoms with Gasteiger partial charge in [-0.05, 0) is 39.5 Å². The Labute approximate surface area is 176 Å². The molecular formula is C20H33N5O5. The molecule has 0 aromatic rings. The third-order valence-corrected chi connectivity index (χ3v) is 5.47. The van der Waals surface area contributed by atoms with E-state index in [9.17, 15) is 24.0 Å². The Hall–Kier alpha value is -2.65. The lowest BCUT2D eigenvalue weighted by Crippen LogP contribution is -2.50. The van der Waals surface area contributed by atoms with E-state index in [1.807, 2.05) is 20.8 Å². The number of nitrogens with zero attached hydrogens (tertiary/aromatic N) is 1. The van der Waals surface area contributed by atoms with Gasteiger partial charge in [-0.3, -0.25) is 19.2 Å². The number of carbonyl (C=O) groups excluding carboxylic acids is 5. The van der Waals surface area contributed by atoms with E-state index in [-0.39, 0.29) is 24.9 Å². The van der Waals surface area contributed by atoms with E-state index < -0.39 is 35.2 Å². The Balaban J connectivity index is 1.83. The van der Waals surface area contributed by atoms with Gasteiger partial charge in [-0.2, -0.15) is 0 Å². The molecule has 1 aliphatic heterocycles. The van der Waals surface area contributed by atoms with E-state index in [4.69, 9.17) is 5.73 Å². The lowest BCUT2D eigenvalue weighted by atomic mass is 9.80. The van der Waals surface area contributed by atoms with E-state index in [2.05, 4.69) is 16.0 Å². The van der Waals surface area contributed by atoms with Crippen LogP contribution in [0.3, 0.4) is 0 Å². The first-order valence-corrected chi connectivity index (χ1v) is 10.4. The third kappa shape index (κ3) is 7.00. The number of ketones is 1. The molecule has 1 saturated carbocycles. The number of amides is 5.